The monoisotopic (exact) mass is 267 g/mol. The number of halogens is 1. The van der Waals surface area contributed by atoms with Crippen LogP contribution < -0.4 is 0 Å². The number of benzene rings is 1. The van der Waals surface area contributed by atoms with E-state index < -0.39 is 0 Å². The van der Waals surface area contributed by atoms with E-state index in [0.717, 1.165) is 22.9 Å². The summed E-state index contributed by atoms with van der Waals surface area (Å²) in [6, 6.07) is 6.01. The smallest absolute Gasteiger partial charge is 0.211 e. The van der Waals surface area contributed by atoms with Crippen molar-refractivity contribution >= 4 is 22.0 Å². The van der Waals surface area contributed by atoms with Crippen LogP contribution in [-0.2, 0) is 11.2 Å². The SMILES string of the molecule is CCCc1ccc(C(C)N=C=O)cc1Br. The molecule has 15 heavy (non-hydrogen) atoms. The van der Waals surface area contributed by atoms with E-state index in [0.29, 0.717) is 0 Å². The van der Waals surface area contributed by atoms with Gasteiger partial charge in [-0.1, -0.05) is 41.4 Å². The summed E-state index contributed by atoms with van der Waals surface area (Å²) >= 11 is 3.53. The number of rotatable bonds is 4. The number of nitrogens with zero attached hydrogens (tertiary/aromatic N) is 1. The highest BCUT2D eigenvalue weighted by Crippen LogP contribution is 2.24. The average molecular weight is 268 g/mol. The zero-order chi connectivity index (χ0) is 11.3. The van der Waals surface area contributed by atoms with Crippen molar-refractivity contribution in [3.05, 3.63) is 33.8 Å². The normalized spacial score (nSPS) is 11.9. The summed E-state index contributed by atoms with van der Waals surface area (Å²) in [6.07, 6.45) is 3.77. The predicted octanol–water partition coefficient (Wildman–Crippen LogP) is 3.80. The fourth-order valence-electron chi connectivity index (χ4n) is 1.45. The van der Waals surface area contributed by atoms with Gasteiger partial charge in [-0.2, -0.15) is 4.99 Å². The molecule has 1 rings (SSSR count). The number of aliphatic imine (C=N–C) groups is 1. The Bertz CT molecular complexity index is 383. The van der Waals surface area contributed by atoms with Gasteiger partial charge < -0.3 is 0 Å². The summed E-state index contributed by atoms with van der Waals surface area (Å²) in [7, 11) is 0. The molecule has 1 aromatic rings. The number of carbonyl (C=O) groups excluding carboxylic acids is 1. The van der Waals surface area contributed by atoms with E-state index in [9.17, 15) is 4.79 Å². The van der Waals surface area contributed by atoms with Gasteiger partial charge in [-0.25, -0.2) is 4.79 Å². The molecule has 80 valence electrons. The molecule has 0 N–H and O–H groups in total. The fraction of sp³-hybridized carbons (Fsp3) is 0.417. The summed E-state index contributed by atoms with van der Waals surface area (Å²) in [5.74, 6) is 0. The van der Waals surface area contributed by atoms with E-state index in [1.54, 1.807) is 6.08 Å². The van der Waals surface area contributed by atoms with Crippen LogP contribution in [0.5, 0.6) is 0 Å². The van der Waals surface area contributed by atoms with E-state index >= 15 is 0 Å². The highest BCUT2D eigenvalue weighted by atomic mass is 79.9. The third-order valence-electron chi connectivity index (χ3n) is 2.33. The molecule has 1 aromatic carbocycles. The minimum Gasteiger partial charge on any atom is -0.211 e. The molecule has 3 heteroatoms. The Labute approximate surface area is 98.5 Å². The second-order valence-corrected chi connectivity index (χ2v) is 4.35. The van der Waals surface area contributed by atoms with Crippen molar-refractivity contribution in [3.63, 3.8) is 0 Å². The lowest BCUT2D eigenvalue weighted by Gasteiger charge is -2.08. The molecule has 1 unspecified atom stereocenters. The Hall–Kier alpha value is -0.920. The maximum absolute atomic E-state index is 10.1. The van der Waals surface area contributed by atoms with E-state index in [1.165, 1.54) is 5.56 Å². The second kappa shape index (κ2) is 5.84. The lowest BCUT2D eigenvalue weighted by atomic mass is 10.0. The van der Waals surface area contributed by atoms with Crippen molar-refractivity contribution in [3.8, 4) is 0 Å². The minimum atomic E-state index is -0.116. The van der Waals surface area contributed by atoms with Gasteiger partial charge in [0.25, 0.3) is 0 Å². The number of isocyanates is 1. The van der Waals surface area contributed by atoms with Crippen molar-refractivity contribution < 1.29 is 4.79 Å². The molecule has 1 atom stereocenters. The first kappa shape index (κ1) is 12.2. The third kappa shape index (κ3) is 3.29. The first-order valence-electron chi connectivity index (χ1n) is 5.04. The van der Waals surface area contributed by atoms with Gasteiger partial charge in [0.05, 0.1) is 6.04 Å². The first-order chi connectivity index (χ1) is 7.19. The molecular weight excluding hydrogens is 254 g/mol. The van der Waals surface area contributed by atoms with Gasteiger partial charge in [-0.3, -0.25) is 0 Å². The quantitative estimate of drug-likeness (QED) is 0.603. The van der Waals surface area contributed by atoms with Crippen LogP contribution in [-0.4, -0.2) is 6.08 Å². The Morgan fingerprint density at radius 1 is 1.53 bits per heavy atom. The molecule has 0 aliphatic heterocycles. The van der Waals surface area contributed by atoms with Gasteiger partial charge in [-0.05, 0) is 30.5 Å². The summed E-state index contributed by atoms with van der Waals surface area (Å²) < 4.78 is 1.09. The van der Waals surface area contributed by atoms with E-state index in [4.69, 9.17) is 0 Å². The van der Waals surface area contributed by atoms with Crippen molar-refractivity contribution in [2.75, 3.05) is 0 Å². The largest absolute Gasteiger partial charge is 0.235 e. The third-order valence-corrected chi connectivity index (χ3v) is 3.06. The Kier molecular flexibility index (Phi) is 4.73. The Morgan fingerprint density at radius 2 is 2.27 bits per heavy atom. The van der Waals surface area contributed by atoms with Crippen LogP contribution in [0.1, 0.15) is 37.4 Å². The second-order valence-electron chi connectivity index (χ2n) is 3.50. The standard InChI is InChI=1S/C12H14BrNO/c1-3-4-10-5-6-11(7-12(10)13)9(2)14-8-15/h5-7,9H,3-4H2,1-2H3. The van der Waals surface area contributed by atoms with Crippen LogP contribution in [0, 0.1) is 0 Å². The minimum absolute atomic E-state index is 0.116. The molecule has 2 nitrogen and oxygen atoms in total. The van der Waals surface area contributed by atoms with Crippen molar-refractivity contribution in [2.45, 2.75) is 32.7 Å². The zero-order valence-electron chi connectivity index (χ0n) is 8.96. The van der Waals surface area contributed by atoms with Gasteiger partial charge in [0, 0.05) is 4.47 Å². The van der Waals surface area contributed by atoms with E-state index in [1.807, 2.05) is 19.1 Å². The first-order valence-corrected chi connectivity index (χ1v) is 5.83. The Morgan fingerprint density at radius 3 is 2.80 bits per heavy atom. The highest BCUT2D eigenvalue weighted by Gasteiger charge is 2.06. The lowest BCUT2D eigenvalue weighted by molar-refractivity contribution is 0.559. The number of hydrogen-bond acceptors (Lipinski definition) is 2. The summed E-state index contributed by atoms with van der Waals surface area (Å²) in [6.45, 7) is 4.03. The summed E-state index contributed by atoms with van der Waals surface area (Å²) in [5, 5.41) is 0. The van der Waals surface area contributed by atoms with E-state index in [-0.39, 0.29) is 6.04 Å². The van der Waals surface area contributed by atoms with Crippen molar-refractivity contribution in [2.24, 2.45) is 4.99 Å². The molecule has 0 spiro atoms. The van der Waals surface area contributed by atoms with Crippen molar-refractivity contribution in [1.29, 1.82) is 0 Å². The van der Waals surface area contributed by atoms with Gasteiger partial charge in [-0.15, -0.1) is 0 Å². The predicted molar refractivity (Wildman–Crippen MR) is 64.7 cm³/mol. The van der Waals surface area contributed by atoms with Crippen LogP contribution in [0.15, 0.2) is 27.7 Å². The van der Waals surface area contributed by atoms with Crippen molar-refractivity contribution in [1.82, 2.24) is 0 Å². The van der Waals surface area contributed by atoms with E-state index in [2.05, 4.69) is 33.9 Å². The highest BCUT2D eigenvalue weighted by molar-refractivity contribution is 9.10. The van der Waals surface area contributed by atoms with Gasteiger partial charge >= 0.3 is 0 Å². The van der Waals surface area contributed by atoms with Crippen LogP contribution in [0.3, 0.4) is 0 Å². The summed E-state index contributed by atoms with van der Waals surface area (Å²) in [5.41, 5.74) is 2.33. The number of aryl methyl sites for hydroxylation is 1. The van der Waals surface area contributed by atoms with Crippen LogP contribution in [0.2, 0.25) is 0 Å². The maximum Gasteiger partial charge on any atom is 0.235 e. The molecule has 0 aliphatic carbocycles. The molecule has 0 saturated heterocycles. The molecule has 0 bridgehead atoms. The topological polar surface area (TPSA) is 29.4 Å². The van der Waals surface area contributed by atoms with Crippen LogP contribution >= 0.6 is 15.9 Å². The summed E-state index contributed by atoms with van der Waals surface area (Å²) in [4.78, 5) is 13.8. The van der Waals surface area contributed by atoms with Gasteiger partial charge in [0.15, 0.2) is 0 Å². The molecule has 0 radical (unpaired) electrons. The maximum atomic E-state index is 10.1. The zero-order valence-corrected chi connectivity index (χ0v) is 10.5. The lowest BCUT2D eigenvalue weighted by Crippen LogP contribution is -1.92. The molecule has 0 aliphatic rings. The van der Waals surface area contributed by atoms with Crippen LogP contribution in [0.25, 0.3) is 0 Å². The number of hydrogen-bond donors (Lipinski definition) is 0. The van der Waals surface area contributed by atoms with Gasteiger partial charge in [0.1, 0.15) is 0 Å². The molecule has 0 fully saturated rings. The molecule has 0 amide bonds. The molecule has 0 heterocycles. The molecular formula is C12H14BrNO. The molecule has 0 aromatic heterocycles. The average Bonchev–Trinajstić information content (AvgIpc) is 2.21. The Balaban J connectivity index is 2.95. The van der Waals surface area contributed by atoms with Gasteiger partial charge in [0.2, 0.25) is 6.08 Å². The molecule has 0 saturated carbocycles. The van der Waals surface area contributed by atoms with Crippen LogP contribution in [0.4, 0.5) is 0 Å². The fourth-order valence-corrected chi connectivity index (χ4v) is 2.04.